The molecule has 1 rings (SSSR count). The number of alkyl halides is 3. The largest absolute Gasteiger partial charge is 0.496 e. The number of methoxy groups -OCH3 is 1. The second kappa shape index (κ2) is 4.49. The van der Waals surface area contributed by atoms with E-state index in [1.165, 1.54) is 13.2 Å². The third-order valence-corrected chi connectivity index (χ3v) is 2.72. The predicted molar refractivity (Wildman–Crippen MR) is 62.9 cm³/mol. The van der Waals surface area contributed by atoms with E-state index >= 15 is 0 Å². The van der Waals surface area contributed by atoms with Crippen LogP contribution >= 0.6 is 15.9 Å². The smallest absolute Gasteiger partial charge is 0.420 e. The van der Waals surface area contributed by atoms with Crippen molar-refractivity contribution in [3.8, 4) is 5.75 Å². The molecule has 0 radical (unpaired) electrons. The molecule has 1 aromatic rings. The molecule has 2 nitrogen and oxygen atoms in total. The monoisotopic (exact) mass is 311 g/mol. The number of rotatable bonds is 2. The zero-order chi connectivity index (χ0) is 13.4. The van der Waals surface area contributed by atoms with Gasteiger partial charge >= 0.3 is 6.18 Å². The fourth-order valence-electron chi connectivity index (χ4n) is 1.50. The Balaban J connectivity index is 3.58. The Labute approximate surface area is 106 Å². The number of nitrogens with two attached hydrogens (primary N) is 1. The summed E-state index contributed by atoms with van der Waals surface area (Å²) in [6.07, 6.45) is -4.48. The van der Waals surface area contributed by atoms with E-state index in [1.54, 1.807) is 13.8 Å². The van der Waals surface area contributed by atoms with Gasteiger partial charge in [-0.15, -0.1) is 0 Å². The van der Waals surface area contributed by atoms with Crippen LogP contribution in [0, 0.1) is 0 Å². The third-order valence-electron chi connectivity index (χ3n) is 2.26. The van der Waals surface area contributed by atoms with Crippen molar-refractivity contribution >= 4 is 15.9 Å². The van der Waals surface area contributed by atoms with Gasteiger partial charge < -0.3 is 10.5 Å². The first-order valence-corrected chi connectivity index (χ1v) is 5.60. The zero-order valence-electron chi connectivity index (χ0n) is 9.65. The van der Waals surface area contributed by atoms with E-state index in [1.807, 2.05) is 0 Å². The van der Waals surface area contributed by atoms with Crippen LogP contribution in [0.1, 0.15) is 25.0 Å². The second-order valence-corrected chi connectivity index (χ2v) is 5.17. The van der Waals surface area contributed by atoms with Gasteiger partial charge in [0.25, 0.3) is 0 Å². The third kappa shape index (κ3) is 3.13. The lowest BCUT2D eigenvalue weighted by atomic mass is 9.92. The Morgan fingerprint density at radius 3 is 2.00 bits per heavy atom. The van der Waals surface area contributed by atoms with Gasteiger partial charge in [-0.1, -0.05) is 15.9 Å². The summed E-state index contributed by atoms with van der Waals surface area (Å²) in [5.41, 5.74) is 4.40. The van der Waals surface area contributed by atoms with Gasteiger partial charge in [-0.05, 0) is 26.0 Å². The van der Waals surface area contributed by atoms with Gasteiger partial charge in [0.15, 0.2) is 0 Å². The van der Waals surface area contributed by atoms with Crippen LogP contribution in [0.15, 0.2) is 16.6 Å². The highest BCUT2D eigenvalue weighted by Gasteiger charge is 2.37. The van der Waals surface area contributed by atoms with Gasteiger partial charge in [0, 0.05) is 15.6 Å². The fraction of sp³-hybridized carbons (Fsp3) is 0.455. The average molecular weight is 312 g/mol. The lowest BCUT2D eigenvalue weighted by Gasteiger charge is -2.25. The van der Waals surface area contributed by atoms with Crippen LogP contribution in [0.4, 0.5) is 13.2 Å². The Kier molecular flexibility index (Phi) is 3.78. The van der Waals surface area contributed by atoms with Crippen LogP contribution in [0.2, 0.25) is 0 Å². The summed E-state index contributed by atoms with van der Waals surface area (Å²) in [4.78, 5) is 0. The van der Waals surface area contributed by atoms with Crippen molar-refractivity contribution in [1.29, 1.82) is 0 Å². The minimum Gasteiger partial charge on any atom is -0.496 e. The molecule has 0 heterocycles. The van der Waals surface area contributed by atoms with E-state index in [-0.39, 0.29) is 5.75 Å². The molecular formula is C11H13BrF3NO. The van der Waals surface area contributed by atoms with Crippen LogP contribution in [-0.4, -0.2) is 7.11 Å². The Morgan fingerprint density at radius 1 is 1.18 bits per heavy atom. The summed E-state index contributed by atoms with van der Waals surface area (Å²) < 4.78 is 43.7. The average Bonchev–Trinajstić information content (AvgIpc) is 2.13. The van der Waals surface area contributed by atoms with E-state index in [0.29, 0.717) is 10.0 Å². The van der Waals surface area contributed by atoms with Crippen molar-refractivity contribution in [3.05, 3.63) is 27.7 Å². The highest BCUT2D eigenvalue weighted by atomic mass is 79.9. The van der Waals surface area contributed by atoms with Gasteiger partial charge in [-0.25, -0.2) is 0 Å². The molecule has 6 heteroatoms. The van der Waals surface area contributed by atoms with E-state index in [9.17, 15) is 13.2 Å². The summed E-state index contributed by atoms with van der Waals surface area (Å²) >= 11 is 3.05. The molecule has 0 saturated heterocycles. The second-order valence-electron chi connectivity index (χ2n) is 4.25. The molecule has 0 aromatic heterocycles. The number of benzene rings is 1. The van der Waals surface area contributed by atoms with E-state index in [2.05, 4.69) is 15.9 Å². The van der Waals surface area contributed by atoms with Crippen molar-refractivity contribution in [3.63, 3.8) is 0 Å². The molecule has 0 spiro atoms. The van der Waals surface area contributed by atoms with Gasteiger partial charge in [-0.3, -0.25) is 0 Å². The molecule has 0 fully saturated rings. The van der Waals surface area contributed by atoms with E-state index in [4.69, 9.17) is 10.5 Å². The Morgan fingerprint density at radius 2 is 1.65 bits per heavy atom. The molecule has 0 aliphatic rings. The molecule has 2 N–H and O–H groups in total. The lowest BCUT2D eigenvalue weighted by molar-refractivity contribution is -0.138. The minimum atomic E-state index is -4.48. The van der Waals surface area contributed by atoms with Crippen molar-refractivity contribution < 1.29 is 17.9 Å². The standard InChI is InChI=1S/C11H13BrF3NO/c1-10(2,16)7-4-6(12)5-8(9(7)17-3)11(13,14)15/h4-5H,16H2,1-3H3. The molecule has 0 aliphatic carbocycles. The van der Waals surface area contributed by atoms with E-state index < -0.39 is 17.3 Å². The summed E-state index contributed by atoms with van der Waals surface area (Å²) in [5, 5.41) is 0. The topological polar surface area (TPSA) is 35.2 Å². The van der Waals surface area contributed by atoms with Gasteiger partial charge in [0.1, 0.15) is 5.75 Å². The molecule has 96 valence electrons. The van der Waals surface area contributed by atoms with Gasteiger partial charge in [-0.2, -0.15) is 13.2 Å². The number of hydrogen-bond acceptors (Lipinski definition) is 2. The van der Waals surface area contributed by atoms with E-state index in [0.717, 1.165) is 6.07 Å². The van der Waals surface area contributed by atoms with Crippen molar-refractivity contribution in [1.82, 2.24) is 0 Å². The number of halogens is 4. The lowest BCUT2D eigenvalue weighted by Crippen LogP contribution is -2.30. The van der Waals surface area contributed by atoms with Crippen LogP contribution in [0.25, 0.3) is 0 Å². The van der Waals surface area contributed by atoms with Crippen LogP contribution < -0.4 is 10.5 Å². The van der Waals surface area contributed by atoms with Crippen molar-refractivity contribution in [2.75, 3.05) is 7.11 Å². The van der Waals surface area contributed by atoms with Crippen molar-refractivity contribution in [2.24, 2.45) is 5.73 Å². The summed E-state index contributed by atoms with van der Waals surface area (Å²) in [5.74, 6) is -0.229. The molecule has 0 saturated carbocycles. The van der Waals surface area contributed by atoms with Crippen LogP contribution in [-0.2, 0) is 11.7 Å². The summed E-state index contributed by atoms with van der Waals surface area (Å²) in [7, 11) is 1.20. The first-order chi connectivity index (χ1) is 7.57. The maximum atomic E-state index is 12.8. The molecule has 0 bridgehead atoms. The molecule has 0 atom stereocenters. The maximum absolute atomic E-state index is 12.8. The summed E-state index contributed by atoms with van der Waals surface area (Å²) in [6, 6.07) is 2.52. The number of ether oxygens (including phenoxy) is 1. The zero-order valence-corrected chi connectivity index (χ0v) is 11.2. The van der Waals surface area contributed by atoms with Gasteiger partial charge in [0.05, 0.1) is 12.7 Å². The SMILES string of the molecule is COc1c(C(C)(C)N)cc(Br)cc1C(F)(F)F. The fourth-order valence-corrected chi connectivity index (χ4v) is 1.96. The highest BCUT2D eigenvalue weighted by Crippen LogP contribution is 2.42. The molecule has 0 aliphatic heterocycles. The minimum absolute atomic E-state index is 0.229. The molecular weight excluding hydrogens is 299 g/mol. The Hall–Kier alpha value is -0.750. The first-order valence-electron chi connectivity index (χ1n) is 4.81. The highest BCUT2D eigenvalue weighted by molar-refractivity contribution is 9.10. The van der Waals surface area contributed by atoms with Crippen LogP contribution in [0.3, 0.4) is 0 Å². The number of hydrogen-bond donors (Lipinski definition) is 1. The first kappa shape index (κ1) is 14.3. The molecule has 0 unspecified atom stereocenters. The molecule has 1 aromatic carbocycles. The Bertz CT molecular complexity index is 389. The molecule has 17 heavy (non-hydrogen) atoms. The predicted octanol–water partition coefficient (Wildman–Crippen LogP) is 3.67. The van der Waals surface area contributed by atoms with Crippen LogP contribution in [0.5, 0.6) is 5.75 Å². The van der Waals surface area contributed by atoms with Crippen molar-refractivity contribution in [2.45, 2.75) is 25.6 Å². The van der Waals surface area contributed by atoms with Gasteiger partial charge in [0.2, 0.25) is 0 Å². The molecule has 0 amide bonds. The quantitative estimate of drug-likeness (QED) is 0.904. The summed E-state index contributed by atoms with van der Waals surface area (Å²) in [6.45, 7) is 3.24. The normalized spacial score (nSPS) is 12.7. The maximum Gasteiger partial charge on any atom is 0.420 e.